The molecule has 0 spiro atoms. The summed E-state index contributed by atoms with van der Waals surface area (Å²) in [6.45, 7) is 5.50. The SMILES string of the molecule is Cc1ccc(CCC(=O)N[C@H]2COC[C@H]2Cc2ccncc2)c(C)c1. The predicted octanol–water partition coefficient (Wildman–Crippen LogP) is 3.00. The molecule has 0 unspecified atom stereocenters. The first-order chi connectivity index (χ1) is 12.1. The lowest BCUT2D eigenvalue weighted by molar-refractivity contribution is -0.122. The topological polar surface area (TPSA) is 51.2 Å². The Bertz CT molecular complexity index is 715. The summed E-state index contributed by atoms with van der Waals surface area (Å²) in [4.78, 5) is 16.4. The van der Waals surface area contributed by atoms with Crippen LogP contribution in [0, 0.1) is 19.8 Å². The Morgan fingerprint density at radius 3 is 2.76 bits per heavy atom. The summed E-state index contributed by atoms with van der Waals surface area (Å²) in [6, 6.07) is 10.6. The van der Waals surface area contributed by atoms with Crippen molar-refractivity contribution in [3.63, 3.8) is 0 Å². The number of carbonyl (C=O) groups excluding carboxylic acids is 1. The number of ether oxygens (including phenoxy) is 1. The van der Waals surface area contributed by atoms with E-state index in [0.717, 1.165) is 12.8 Å². The molecule has 0 bridgehead atoms. The molecule has 1 aromatic carbocycles. The van der Waals surface area contributed by atoms with Crippen LogP contribution in [0.4, 0.5) is 0 Å². The Morgan fingerprint density at radius 2 is 2.00 bits per heavy atom. The van der Waals surface area contributed by atoms with Crippen LogP contribution >= 0.6 is 0 Å². The van der Waals surface area contributed by atoms with Crippen molar-refractivity contribution in [3.05, 3.63) is 65.0 Å². The first-order valence-corrected chi connectivity index (χ1v) is 8.94. The summed E-state index contributed by atoms with van der Waals surface area (Å²) in [6.07, 6.45) is 5.82. The third-order valence-electron chi connectivity index (χ3n) is 4.91. The number of amides is 1. The van der Waals surface area contributed by atoms with Crippen LogP contribution in [-0.4, -0.2) is 30.1 Å². The first-order valence-electron chi connectivity index (χ1n) is 8.94. The fourth-order valence-electron chi connectivity index (χ4n) is 3.43. The minimum absolute atomic E-state index is 0.0970. The van der Waals surface area contributed by atoms with Crippen LogP contribution in [0.15, 0.2) is 42.7 Å². The molecule has 1 fully saturated rings. The molecule has 1 amide bonds. The maximum Gasteiger partial charge on any atom is 0.220 e. The van der Waals surface area contributed by atoms with Crippen molar-refractivity contribution in [1.29, 1.82) is 0 Å². The monoisotopic (exact) mass is 338 g/mol. The number of nitrogens with one attached hydrogen (secondary N) is 1. The molecule has 1 saturated heterocycles. The van der Waals surface area contributed by atoms with E-state index in [0.29, 0.717) is 25.6 Å². The highest BCUT2D eigenvalue weighted by molar-refractivity contribution is 5.76. The molecule has 1 aromatic heterocycles. The first kappa shape index (κ1) is 17.6. The van der Waals surface area contributed by atoms with E-state index < -0.39 is 0 Å². The maximum atomic E-state index is 12.4. The lowest BCUT2D eigenvalue weighted by Gasteiger charge is -2.19. The summed E-state index contributed by atoms with van der Waals surface area (Å²) < 4.78 is 5.61. The van der Waals surface area contributed by atoms with E-state index in [4.69, 9.17) is 4.74 Å². The van der Waals surface area contributed by atoms with Gasteiger partial charge < -0.3 is 10.1 Å². The van der Waals surface area contributed by atoms with Crippen molar-refractivity contribution in [3.8, 4) is 0 Å². The van der Waals surface area contributed by atoms with E-state index in [-0.39, 0.29) is 11.9 Å². The largest absolute Gasteiger partial charge is 0.379 e. The number of pyridine rings is 1. The van der Waals surface area contributed by atoms with E-state index in [2.05, 4.69) is 42.3 Å². The number of carbonyl (C=O) groups is 1. The van der Waals surface area contributed by atoms with Gasteiger partial charge in [0.1, 0.15) is 0 Å². The highest BCUT2D eigenvalue weighted by Crippen LogP contribution is 2.19. The fourth-order valence-corrected chi connectivity index (χ4v) is 3.43. The Morgan fingerprint density at radius 1 is 1.20 bits per heavy atom. The maximum absolute atomic E-state index is 12.4. The molecule has 2 atom stereocenters. The Balaban J connectivity index is 1.51. The molecule has 132 valence electrons. The number of nitrogens with zero attached hydrogens (tertiary/aromatic N) is 1. The third-order valence-corrected chi connectivity index (χ3v) is 4.91. The number of aryl methyl sites for hydroxylation is 3. The molecule has 2 heterocycles. The van der Waals surface area contributed by atoms with Crippen LogP contribution in [0.5, 0.6) is 0 Å². The van der Waals surface area contributed by atoms with Crippen LogP contribution in [0.3, 0.4) is 0 Å². The molecular formula is C21H26N2O2. The number of hydrogen-bond donors (Lipinski definition) is 1. The second-order valence-corrected chi connectivity index (χ2v) is 6.96. The standard InChI is InChI=1S/C21H26N2O2/c1-15-3-4-18(16(2)11-15)5-6-21(24)23-20-14-25-13-19(20)12-17-7-9-22-10-8-17/h3-4,7-11,19-20H,5-6,12-14H2,1-2H3,(H,23,24)/t19-,20+/m1/s1. The van der Waals surface area contributed by atoms with Gasteiger partial charge in [0.15, 0.2) is 0 Å². The Labute approximate surface area is 149 Å². The van der Waals surface area contributed by atoms with E-state index in [1.54, 1.807) is 0 Å². The van der Waals surface area contributed by atoms with Crippen LogP contribution in [0.2, 0.25) is 0 Å². The van der Waals surface area contributed by atoms with Crippen molar-refractivity contribution in [2.24, 2.45) is 5.92 Å². The lowest BCUT2D eigenvalue weighted by Crippen LogP contribution is -2.40. The average molecular weight is 338 g/mol. The van der Waals surface area contributed by atoms with Crippen molar-refractivity contribution in [2.75, 3.05) is 13.2 Å². The van der Waals surface area contributed by atoms with Gasteiger partial charge >= 0.3 is 0 Å². The molecule has 4 nitrogen and oxygen atoms in total. The molecule has 2 aromatic rings. The predicted molar refractivity (Wildman–Crippen MR) is 98.4 cm³/mol. The summed E-state index contributed by atoms with van der Waals surface area (Å²) >= 11 is 0. The summed E-state index contributed by atoms with van der Waals surface area (Å²) in [5.41, 5.74) is 5.00. The zero-order valence-electron chi connectivity index (χ0n) is 15.0. The fraction of sp³-hybridized carbons (Fsp3) is 0.429. The van der Waals surface area contributed by atoms with Crippen molar-refractivity contribution >= 4 is 5.91 Å². The number of benzene rings is 1. The molecular weight excluding hydrogens is 312 g/mol. The third kappa shape index (κ3) is 4.89. The molecule has 3 rings (SSSR count). The van der Waals surface area contributed by atoms with Gasteiger partial charge in [0.2, 0.25) is 5.91 Å². The second kappa shape index (κ2) is 8.26. The number of aromatic nitrogens is 1. The zero-order chi connectivity index (χ0) is 17.6. The van der Waals surface area contributed by atoms with Crippen molar-refractivity contribution in [1.82, 2.24) is 10.3 Å². The Kier molecular flexibility index (Phi) is 5.82. The van der Waals surface area contributed by atoms with E-state index in [1.807, 2.05) is 24.5 Å². The molecule has 0 aliphatic carbocycles. The van der Waals surface area contributed by atoms with Gasteiger partial charge in [-0.1, -0.05) is 23.8 Å². The zero-order valence-corrected chi connectivity index (χ0v) is 15.0. The van der Waals surface area contributed by atoms with Gasteiger partial charge in [-0.05, 0) is 55.5 Å². The van der Waals surface area contributed by atoms with Crippen LogP contribution < -0.4 is 5.32 Å². The van der Waals surface area contributed by atoms with Crippen molar-refractivity contribution in [2.45, 2.75) is 39.2 Å². The van der Waals surface area contributed by atoms with Gasteiger partial charge in [-0.2, -0.15) is 0 Å². The molecule has 1 aliphatic rings. The van der Waals surface area contributed by atoms with Gasteiger partial charge in [-0.15, -0.1) is 0 Å². The summed E-state index contributed by atoms with van der Waals surface area (Å²) in [5.74, 6) is 0.433. The lowest BCUT2D eigenvalue weighted by atomic mass is 9.95. The highest BCUT2D eigenvalue weighted by atomic mass is 16.5. The van der Waals surface area contributed by atoms with Crippen LogP contribution in [0.25, 0.3) is 0 Å². The van der Waals surface area contributed by atoms with Gasteiger partial charge in [-0.25, -0.2) is 0 Å². The quantitative estimate of drug-likeness (QED) is 0.881. The minimum atomic E-state index is 0.0970. The van der Waals surface area contributed by atoms with Gasteiger partial charge in [0.05, 0.1) is 19.3 Å². The molecule has 25 heavy (non-hydrogen) atoms. The minimum Gasteiger partial charge on any atom is -0.379 e. The van der Waals surface area contributed by atoms with Crippen molar-refractivity contribution < 1.29 is 9.53 Å². The van der Waals surface area contributed by atoms with Crippen LogP contribution in [0.1, 0.15) is 28.7 Å². The second-order valence-electron chi connectivity index (χ2n) is 6.96. The van der Waals surface area contributed by atoms with Gasteiger partial charge in [0.25, 0.3) is 0 Å². The van der Waals surface area contributed by atoms with E-state index >= 15 is 0 Å². The number of hydrogen-bond acceptors (Lipinski definition) is 3. The highest BCUT2D eigenvalue weighted by Gasteiger charge is 2.29. The molecule has 1 aliphatic heterocycles. The van der Waals surface area contributed by atoms with Gasteiger partial charge in [-0.3, -0.25) is 9.78 Å². The van der Waals surface area contributed by atoms with E-state index in [1.165, 1.54) is 22.3 Å². The smallest absolute Gasteiger partial charge is 0.220 e. The average Bonchev–Trinajstić information content (AvgIpc) is 3.02. The summed E-state index contributed by atoms with van der Waals surface area (Å²) in [7, 11) is 0. The van der Waals surface area contributed by atoms with E-state index in [9.17, 15) is 4.79 Å². The Hall–Kier alpha value is -2.20. The molecule has 4 heteroatoms. The molecule has 0 saturated carbocycles. The molecule has 1 N–H and O–H groups in total. The summed E-state index contributed by atoms with van der Waals surface area (Å²) in [5, 5.41) is 3.17. The van der Waals surface area contributed by atoms with Crippen LogP contribution in [-0.2, 0) is 22.4 Å². The van der Waals surface area contributed by atoms with Gasteiger partial charge in [0, 0.05) is 24.7 Å². The molecule has 0 radical (unpaired) electrons. The normalized spacial score (nSPS) is 19.8. The number of rotatable bonds is 6.